The average molecular weight is 408 g/mol. The van der Waals surface area contributed by atoms with Gasteiger partial charge in [-0.3, -0.25) is 0 Å². The molecule has 0 spiro atoms. The molecule has 8 nitrogen and oxygen atoms in total. The predicted molar refractivity (Wildman–Crippen MR) is 112 cm³/mol. The highest BCUT2D eigenvalue weighted by atomic mass is 16.5. The molecule has 0 bridgehead atoms. The van der Waals surface area contributed by atoms with Crippen molar-refractivity contribution in [2.24, 2.45) is 0 Å². The first-order valence-electron chi connectivity index (χ1n) is 9.79. The maximum Gasteiger partial charge on any atom is 0.322 e. The maximum atomic E-state index is 13.0. The largest absolute Gasteiger partial charge is 0.497 e. The summed E-state index contributed by atoms with van der Waals surface area (Å²) >= 11 is 0. The van der Waals surface area contributed by atoms with Gasteiger partial charge in [0, 0.05) is 12.1 Å². The average Bonchev–Trinajstić information content (AvgIpc) is 3.43. The highest BCUT2D eigenvalue weighted by Crippen LogP contribution is 2.34. The number of aryl methyl sites for hydroxylation is 1. The minimum atomic E-state index is -0.264. The number of likely N-dealkylation sites (tertiary alicyclic amines) is 1. The van der Waals surface area contributed by atoms with Crippen molar-refractivity contribution in [3.63, 3.8) is 0 Å². The summed E-state index contributed by atoms with van der Waals surface area (Å²) in [4.78, 5) is 19.3. The van der Waals surface area contributed by atoms with E-state index in [2.05, 4.69) is 15.5 Å². The lowest BCUT2D eigenvalue weighted by molar-refractivity contribution is 0.193. The van der Waals surface area contributed by atoms with Crippen molar-refractivity contribution in [3.05, 3.63) is 53.9 Å². The van der Waals surface area contributed by atoms with E-state index in [-0.39, 0.29) is 12.1 Å². The number of rotatable bonds is 5. The molecule has 1 fully saturated rings. The van der Waals surface area contributed by atoms with Crippen LogP contribution in [0.3, 0.4) is 0 Å². The van der Waals surface area contributed by atoms with Crippen LogP contribution in [-0.2, 0) is 0 Å². The number of hydrogen-bond acceptors (Lipinski definition) is 6. The van der Waals surface area contributed by atoms with Crippen LogP contribution in [0.4, 0.5) is 10.5 Å². The van der Waals surface area contributed by atoms with Gasteiger partial charge in [-0.15, -0.1) is 0 Å². The maximum absolute atomic E-state index is 13.0. The van der Waals surface area contributed by atoms with Crippen molar-refractivity contribution in [1.82, 2.24) is 15.0 Å². The number of aromatic nitrogens is 2. The fraction of sp³-hybridized carbons (Fsp3) is 0.318. The number of benzene rings is 2. The molecular formula is C22H24N4O4. The topological polar surface area (TPSA) is 89.7 Å². The first kappa shape index (κ1) is 19.8. The van der Waals surface area contributed by atoms with E-state index in [1.165, 1.54) is 0 Å². The van der Waals surface area contributed by atoms with Crippen LogP contribution in [-0.4, -0.2) is 41.8 Å². The smallest absolute Gasteiger partial charge is 0.322 e. The second kappa shape index (κ2) is 8.44. The van der Waals surface area contributed by atoms with Crippen molar-refractivity contribution < 1.29 is 18.8 Å². The van der Waals surface area contributed by atoms with E-state index in [0.717, 1.165) is 29.7 Å². The van der Waals surface area contributed by atoms with Crippen molar-refractivity contribution in [1.29, 1.82) is 0 Å². The summed E-state index contributed by atoms with van der Waals surface area (Å²) in [7, 11) is 3.20. The van der Waals surface area contributed by atoms with Crippen LogP contribution in [0.1, 0.15) is 30.3 Å². The molecule has 0 saturated carbocycles. The zero-order valence-corrected chi connectivity index (χ0v) is 17.2. The number of urea groups is 1. The van der Waals surface area contributed by atoms with Gasteiger partial charge >= 0.3 is 6.03 Å². The molecule has 0 radical (unpaired) electrons. The number of ether oxygens (including phenoxy) is 2. The van der Waals surface area contributed by atoms with Gasteiger partial charge in [0.05, 0.1) is 19.9 Å². The molecule has 0 aliphatic carbocycles. The molecule has 1 aliphatic rings. The summed E-state index contributed by atoms with van der Waals surface area (Å²) in [5.74, 6) is 2.29. The van der Waals surface area contributed by atoms with Gasteiger partial charge < -0.3 is 24.2 Å². The molecule has 156 valence electrons. The van der Waals surface area contributed by atoms with Crippen LogP contribution in [0, 0.1) is 6.92 Å². The lowest BCUT2D eigenvalue weighted by atomic mass is 10.2. The van der Waals surface area contributed by atoms with E-state index in [1.807, 2.05) is 49.4 Å². The number of nitrogens with zero attached hydrogens (tertiary/aromatic N) is 3. The SMILES string of the molecule is COc1ccc(-c2noc(C3CCCN3C(=O)Nc3cc(C)ccc3OC)n2)cc1. The molecule has 3 aromatic rings. The molecule has 30 heavy (non-hydrogen) atoms. The lowest BCUT2D eigenvalue weighted by Crippen LogP contribution is -2.34. The molecule has 1 N–H and O–H groups in total. The minimum Gasteiger partial charge on any atom is -0.497 e. The monoisotopic (exact) mass is 408 g/mol. The quantitative estimate of drug-likeness (QED) is 0.672. The summed E-state index contributed by atoms with van der Waals surface area (Å²) < 4.78 is 16.1. The van der Waals surface area contributed by atoms with E-state index >= 15 is 0 Å². The van der Waals surface area contributed by atoms with Gasteiger partial charge in [-0.2, -0.15) is 4.98 Å². The Morgan fingerprint density at radius 2 is 1.97 bits per heavy atom. The Bertz CT molecular complexity index is 1030. The van der Waals surface area contributed by atoms with E-state index in [9.17, 15) is 4.79 Å². The third-order valence-corrected chi connectivity index (χ3v) is 5.19. The van der Waals surface area contributed by atoms with Crippen LogP contribution < -0.4 is 14.8 Å². The van der Waals surface area contributed by atoms with E-state index in [0.29, 0.717) is 29.7 Å². The van der Waals surface area contributed by atoms with Gasteiger partial charge in [-0.05, 0) is 61.7 Å². The summed E-state index contributed by atoms with van der Waals surface area (Å²) in [6.45, 7) is 2.58. The van der Waals surface area contributed by atoms with Crippen LogP contribution >= 0.6 is 0 Å². The lowest BCUT2D eigenvalue weighted by Gasteiger charge is -2.23. The van der Waals surface area contributed by atoms with E-state index in [4.69, 9.17) is 14.0 Å². The van der Waals surface area contributed by atoms with Crippen molar-refractivity contribution in [3.8, 4) is 22.9 Å². The van der Waals surface area contributed by atoms with Gasteiger partial charge in [-0.1, -0.05) is 11.2 Å². The van der Waals surface area contributed by atoms with Crippen LogP contribution in [0.15, 0.2) is 47.0 Å². The Morgan fingerprint density at radius 3 is 2.70 bits per heavy atom. The number of methoxy groups -OCH3 is 2. The minimum absolute atomic E-state index is 0.217. The van der Waals surface area contributed by atoms with Gasteiger partial charge in [0.25, 0.3) is 0 Å². The molecule has 4 rings (SSSR count). The number of amides is 2. The molecule has 1 saturated heterocycles. The fourth-order valence-electron chi connectivity index (χ4n) is 3.60. The zero-order valence-electron chi connectivity index (χ0n) is 17.2. The Balaban J connectivity index is 1.52. The summed E-state index contributed by atoms with van der Waals surface area (Å²) in [5.41, 5.74) is 2.49. The summed E-state index contributed by atoms with van der Waals surface area (Å²) in [5, 5.41) is 7.05. The third kappa shape index (κ3) is 3.94. The first-order valence-corrected chi connectivity index (χ1v) is 9.79. The van der Waals surface area contributed by atoms with Gasteiger partial charge in [0.1, 0.15) is 17.5 Å². The Kier molecular flexibility index (Phi) is 5.56. The van der Waals surface area contributed by atoms with Crippen molar-refractivity contribution in [2.75, 3.05) is 26.1 Å². The van der Waals surface area contributed by atoms with Crippen LogP contribution in [0.25, 0.3) is 11.4 Å². The highest BCUT2D eigenvalue weighted by molar-refractivity contribution is 5.91. The molecule has 2 aromatic carbocycles. The van der Waals surface area contributed by atoms with Crippen molar-refractivity contribution >= 4 is 11.7 Å². The molecule has 8 heteroatoms. The van der Waals surface area contributed by atoms with E-state index in [1.54, 1.807) is 19.1 Å². The fourth-order valence-corrected chi connectivity index (χ4v) is 3.60. The number of carbonyl (C=O) groups excluding carboxylic acids is 1. The van der Waals surface area contributed by atoms with E-state index < -0.39 is 0 Å². The molecule has 2 heterocycles. The number of anilines is 1. The van der Waals surface area contributed by atoms with Crippen LogP contribution in [0.2, 0.25) is 0 Å². The van der Waals surface area contributed by atoms with Gasteiger partial charge in [-0.25, -0.2) is 4.79 Å². The van der Waals surface area contributed by atoms with Crippen molar-refractivity contribution in [2.45, 2.75) is 25.8 Å². The standard InChI is InChI=1S/C22H24N4O4/c1-14-6-11-19(29-3)17(13-14)23-22(27)26-12-4-5-18(26)21-24-20(25-30-21)15-7-9-16(28-2)10-8-15/h6-11,13,18H,4-5,12H2,1-3H3,(H,23,27). The second-order valence-electron chi connectivity index (χ2n) is 7.17. The Labute approximate surface area is 174 Å². The Morgan fingerprint density at radius 1 is 1.17 bits per heavy atom. The summed E-state index contributed by atoms with van der Waals surface area (Å²) in [6, 6.07) is 12.6. The zero-order chi connectivity index (χ0) is 21.1. The highest BCUT2D eigenvalue weighted by Gasteiger charge is 2.34. The molecular weight excluding hydrogens is 384 g/mol. The molecule has 1 unspecified atom stereocenters. The third-order valence-electron chi connectivity index (χ3n) is 5.19. The van der Waals surface area contributed by atoms with Gasteiger partial charge in [0.2, 0.25) is 11.7 Å². The van der Waals surface area contributed by atoms with Crippen LogP contribution in [0.5, 0.6) is 11.5 Å². The number of carbonyl (C=O) groups is 1. The number of nitrogens with one attached hydrogen (secondary N) is 1. The molecule has 1 aliphatic heterocycles. The second-order valence-corrected chi connectivity index (χ2v) is 7.17. The normalized spacial score (nSPS) is 15.8. The number of hydrogen-bond donors (Lipinski definition) is 1. The molecule has 1 aromatic heterocycles. The molecule has 1 atom stereocenters. The summed E-state index contributed by atoms with van der Waals surface area (Å²) in [6.07, 6.45) is 1.63. The Hall–Kier alpha value is -3.55. The molecule has 2 amide bonds. The predicted octanol–water partition coefficient (Wildman–Crippen LogP) is 4.43. The van der Waals surface area contributed by atoms with Gasteiger partial charge in [0.15, 0.2) is 0 Å². The first-order chi connectivity index (χ1) is 14.6.